The monoisotopic (exact) mass is 542 g/mol. The third-order valence-electron chi connectivity index (χ3n) is 6.33. The van der Waals surface area contributed by atoms with E-state index in [-0.39, 0.29) is 39.1 Å². The Morgan fingerprint density at radius 3 is 2.65 bits per heavy atom. The van der Waals surface area contributed by atoms with Crippen LogP contribution < -0.4 is 10.3 Å². The van der Waals surface area contributed by atoms with Gasteiger partial charge in [0.1, 0.15) is 10.7 Å². The maximum Gasteiger partial charge on any atom is 0.308 e. The van der Waals surface area contributed by atoms with E-state index in [1.165, 1.54) is 30.4 Å². The normalized spacial score (nSPS) is 17.3. The van der Waals surface area contributed by atoms with Crippen LogP contribution in [0, 0.1) is 11.7 Å². The molecule has 2 heterocycles. The number of nitrogens with zero attached hydrogens (tertiary/aromatic N) is 3. The maximum absolute atomic E-state index is 13.3. The summed E-state index contributed by atoms with van der Waals surface area (Å²) in [6.07, 6.45) is 5.35. The third kappa shape index (κ3) is 4.79. The van der Waals surface area contributed by atoms with Crippen molar-refractivity contribution in [3.8, 4) is 11.1 Å². The lowest BCUT2D eigenvalue weighted by atomic mass is 9.80. The van der Waals surface area contributed by atoms with Gasteiger partial charge >= 0.3 is 5.97 Å². The highest BCUT2D eigenvalue weighted by Crippen LogP contribution is 2.37. The van der Waals surface area contributed by atoms with Crippen LogP contribution in [0.1, 0.15) is 18.9 Å². The molecule has 0 unspecified atom stereocenters. The Morgan fingerprint density at radius 2 is 1.92 bits per heavy atom. The molecule has 37 heavy (non-hydrogen) atoms. The molecular formula is C25H20ClFN4O5S. The number of benzene rings is 2. The van der Waals surface area contributed by atoms with Crippen molar-refractivity contribution in [2.24, 2.45) is 5.92 Å². The highest BCUT2D eigenvalue weighted by atomic mass is 35.5. The van der Waals surface area contributed by atoms with Crippen LogP contribution in [0.15, 0.2) is 70.9 Å². The first-order valence-corrected chi connectivity index (χ1v) is 13.0. The van der Waals surface area contributed by atoms with Crippen molar-refractivity contribution in [1.29, 1.82) is 0 Å². The van der Waals surface area contributed by atoms with E-state index >= 15 is 0 Å². The molecule has 0 atom stereocenters. The Morgan fingerprint density at radius 1 is 1.14 bits per heavy atom. The summed E-state index contributed by atoms with van der Waals surface area (Å²) >= 11 is 5.92. The number of ether oxygens (including phenoxy) is 1. The second kappa shape index (κ2) is 9.56. The van der Waals surface area contributed by atoms with E-state index in [0.717, 1.165) is 18.2 Å². The molecular weight excluding hydrogens is 523 g/mol. The van der Waals surface area contributed by atoms with Crippen LogP contribution in [0.25, 0.3) is 22.0 Å². The molecule has 1 aliphatic rings. The van der Waals surface area contributed by atoms with Crippen molar-refractivity contribution in [3.05, 3.63) is 82.4 Å². The second-order valence-corrected chi connectivity index (χ2v) is 10.7. The lowest BCUT2D eigenvalue weighted by molar-refractivity contribution is -0.149. The van der Waals surface area contributed by atoms with Gasteiger partial charge in [0.05, 0.1) is 47.2 Å². The fourth-order valence-corrected chi connectivity index (χ4v) is 5.87. The maximum atomic E-state index is 13.3. The Bertz CT molecular complexity index is 1700. The second-order valence-electron chi connectivity index (χ2n) is 8.68. The Hall–Kier alpha value is -3.83. The predicted octanol–water partition coefficient (Wildman–Crippen LogP) is 4.18. The van der Waals surface area contributed by atoms with Gasteiger partial charge in [-0.15, -0.1) is 0 Å². The smallest absolute Gasteiger partial charge is 0.308 e. The van der Waals surface area contributed by atoms with Crippen molar-refractivity contribution in [3.63, 3.8) is 0 Å². The summed E-state index contributed by atoms with van der Waals surface area (Å²) in [5.74, 6) is -1.17. The van der Waals surface area contributed by atoms with Gasteiger partial charge in [-0.2, -0.15) is 0 Å². The average Bonchev–Trinajstić information content (AvgIpc) is 2.83. The van der Waals surface area contributed by atoms with Crippen LogP contribution in [0.3, 0.4) is 0 Å². The molecule has 1 aliphatic carbocycles. The zero-order valence-corrected chi connectivity index (χ0v) is 21.0. The Kier molecular flexibility index (Phi) is 6.42. The number of hydrogen-bond acceptors (Lipinski definition) is 7. The van der Waals surface area contributed by atoms with Crippen molar-refractivity contribution in [2.45, 2.75) is 23.8 Å². The molecule has 0 spiro atoms. The minimum atomic E-state index is -4.11. The van der Waals surface area contributed by atoms with Crippen LogP contribution >= 0.6 is 11.6 Å². The SMILES string of the molecule is COC(=O)C1CC(n2cnc3ccc(-c4cncc(NS(=O)(=O)c5ccc(F)cc5Cl)c4)cc3c2=O)C1. The topological polar surface area (TPSA) is 120 Å². The van der Waals surface area contributed by atoms with Gasteiger partial charge in [0.2, 0.25) is 0 Å². The number of halogens is 2. The molecule has 12 heteroatoms. The molecule has 0 amide bonds. The first kappa shape index (κ1) is 24.8. The number of pyridine rings is 1. The van der Waals surface area contributed by atoms with Gasteiger partial charge in [-0.3, -0.25) is 23.9 Å². The third-order valence-corrected chi connectivity index (χ3v) is 8.20. The number of carbonyl (C=O) groups excluding carboxylic acids is 1. The zero-order valence-electron chi connectivity index (χ0n) is 19.4. The summed E-state index contributed by atoms with van der Waals surface area (Å²) in [6, 6.07) is 9.54. The quantitative estimate of drug-likeness (QED) is 0.363. The van der Waals surface area contributed by atoms with Gasteiger partial charge in [0, 0.05) is 17.8 Å². The molecule has 0 saturated heterocycles. The molecule has 1 N–H and O–H groups in total. The summed E-state index contributed by atoms with van der Waals surface area (Å²) in [7, 11) is -2.77. The number of nitrogens with one attached hydrogen (secondary N) is 1. The molecule has 0 radical (unpaired) electrons. The number of esters is 1. The number of methoxy groups -OCH3 is 1. The summed E-state index contributed by atoms with van der Waals surface area (Å²) in [5, 5.41) is 0.130. The predicted molar refractivity (Wildman–Crippen MR) is 135 cm³/mol. The number of carbonyl (C=O) groups is 1. The number of fused-ring (bicyclic) bond motifs is 1. The molecule has 5 rings (SSSR count). The van der Waals surface area contributed by atoms with E-state index in [9.17, 15) is 22.4 Å². The molecule has 1 saturated carbocycles. The van der Waals surface area contributed by atoms with E-state index in [2.05, 4.69) is 14.7 Å². The average molecular weight is 543 g/mol. The van der Waals surface area contributed by atoms with Crippen LogP contribution in [-0.4, -0.2) is 36.0 Å². The highest BCUT2D eigenvalue weighted by Gasteiger charge is 2.37. The molecule has 2 aromatic heterocycles. The van der Waals surface area contributed by atoms with E-state index < -0.39 is 15.8 Å². The molecule has 0 aliphatic heterocycles. The molecule has 1 fully saturated rings. The number of aromatic nitrogens is 3. The van der Waals surface area contributed by atoms with Crippen molar-refractivity contribution >= 4 is 44.2 Å². The van der Waals surface area contributed by atoms with Crippen molar-refractivity contribution in [1.82, 2.24) is 14.5 Å². The first-order chi connectivity index (χ1) is 17.7. The summed E-state index contributed by atoms with van der Waals surface area (Å²) < 4.78 is 47.6. The first-order valence-electron chi connectivity index (χ1n) is 11.2. The Labute approximate surface area is 215 Å². The molecule has 4 aromatic rings. The van der Waals surface area contributed by atoms with Gasteiger partial charge in [-0.1, -0.05) is 17.7 Å². The number of anilines is 1. The van der Waals surface area contributed by atoms with Crippen LogP contribution in [0.2, 0.25) is 5.02 Å². The summed E-state index contributed by atoms with van der Waals surface area (Å²) in [6.45, 7) is 0. The largest absolute Gasteiger partial charge is 0.469 e. The standard InChI is InChI=1S/C25H20ClFN4O5S/c1-36-25(33)15-7-19(8-15)31-13-29-22-4-2-14(9-20(22)24(31)32)16-6-18(12-28-11-16)30-37(34,35)23-5-3-17(27)10-21(23)26/h2-6,9-13,15,19,30H,7-8H2,1H3. The molecule has 0 bridgehead atoms. The minimum absolute atomic E-state index is 0.144. The fourth-order valence-electron chi connectivity index (χ4n) is 4.31. The van der Waals surface area contributed by atoms with E-state index in [1.807, 2.05) is 0 Å². The lowest BCUT2D eigenvalue weighted by Crippen LogP contribution is -2.37. The summed E-state index contributed by atoms with van der Waals surface area (Å²) in [4.78, 5) is 33.1. The number of hydrogen-bond donors (Lipinski definition) is 1. The van der Waals surface area contributed by atoms with Crippen molar-refractivity contribution in [2.75, 3.05) is 11.8 Å². The van der Waals surface area contributed by atoms with Gasteiger partial charge in [-0.25, -0.2) is 17.8 Å². The zero-order chi connectivity index (χ0) is 26.3. The van der Waals surface area contributed by atoms with Gasteiger partial charge in [0.15, 0.2) is 0 Å². The lowest BCUT2D eigenvalue weighted by Gasteiger charge is -2.34. The van der Waals surface area contributed by atoms with E-state index in [0.29, 0.717) is 34.9 Å². The molecule has 190 valence electrons. The minimum Gasteiger partial charge on any atom is -0.469 e. The van der Waals surface area contributed by atoms with Crippen molar-refractivity contribution < 1.29 is 22.3 Å². The van der Waals surface area contributed by atoms with Gasteiger partial charge in [-0.05, 0) is 54.8 Å². The Balaban J connectivity index is 1.44. The van der Waals surface area contributed by atoms with Gasteiger partial charge in [0.25, 0.3) is 15.6 Å². The van der Waals surface area contributed by atoms with E-state index in [1.54, 1.807) is 24.3 Å². The summed E-state index contributed by atoms with van der Waals surface area (Å²) in [5.41, 5.74) is 1.60. The number of sulfonamides is 1. The van der Waals surface area contributed by atoms with Crippen LogP contribution in [-0.2, 0) is 19.6 Å². The fraction of sp³-hybridized carbons (Fsp3) is 0.200. The van der Waals surface area contributed by atoms with E-state index in [4.69, 9.17) is 16.3 Å². The molecule has 9 nitrogen and oxygen atoms in total. The highest BCUT2D eigenvalue weighted by molar-refractivity contribution is 7.92. The van der Waals surface area contributed by atoms with Crippen LogP contribution in [0.4, 0.5) is 10.1 Å². The van der Waals surface area contributed by atoms with Crippen LogP contribution in [0.5, 0.6) is 0 Å². The molecule has 2 aromatic carbocycles. The van der Waals surface area contributed by atoms with Gasteiger partial charge < -0.3 is 4.74 Å². The number of rotatable bonds is 6.